The molecule has 0 saturated carbocycles. The third-order valence-corrected chi connectivity index (χ3v) is 5.89. The first-order chi connectivity index (χ1) is 12.4. The van der Waals surface area contributed by atoms with Crippen LogP contribution in [0.1, 0.15) is 40.5 Å². The summed E-state index contributed by atoms with van der Waals surface area (Å²) >= 11 is 0. The lowest BCUT2D eigenvalue weighted by molar-refractivity contribution is 0.0259. The van der Waals surface area contributed by atoms with Crippen LogP contribution < -0.4 is 11.3 Å². The second-order valence-corrected chi connectivity index (χ2v) is 7.19. The highest BCUT2D eigenvalue weighted by molar-refractivity contribution is 5.92. The Hall–Kier alpha value is -2.51. The van der Waals surface area contributed by atoms with Crippen LogP contribution in [0.2, 0.25) is 0 Å². The van der Waals surface area contributed by atoms with Gasteiger partial charge in [0.1, 0.15) is 5.69 Å². The van der Waals surface area contributed by atoms with Gasteiger partial charge in [-0.15, -0.1) is 0 Å². The third kappa shape index (κ3) is 2.39. The van der Waals surface area contributed by atoms with Crippen LogP contribution in [-0.4, -0.2) is 44.9 Å². The van der Waals surface area contributed by atoms with Crippen molar-refractivity contribution in [2.75, 3.05) is 13.1 Å². The number of aromatic nitrogens is 2. The Bertz CT molecular complexity index is 915. The number of aryl methyl sites for hydroxylation is 1. The van der Waals surface area contributed by atoms with Gasteiger partial charge in [0.15, 0.2) is 0 Å². The predicted octanol–water partition coefficient (Wildman–Crippen LogP) is 0.329. The minimum absolute atomic E-state index is 0.194. The molecule has 1 fully saturated rings. The quantitative estimate of drug-likeness (QED) is 0.768. The number of nitrogens with two attached hydrogens (primary N) is 1. The zero-order valence-corrected chi connectivity index (χ0v) is 14.6. The number of fused-ring (bicyclic) bond motifs is 2. The Morgan fingerprint density at radius 3 is 2.62 bits per heavy atom. The maximum atomic E-state index is 12.7. The number of likely N-dealkylation sites (tertiary alicyclic amines) is 1. The van der Waals surface area contributed by atoms with Gasteiger partial charge in [0, 0.05) is 31.6 Å². The molecule has 7 heteroatoms. The monoisotopic (exact) mass is 354 g/mol. The molecule has 2 aliphatic rings. The second-order valence-electron chi connectivity index (χ2n) is 7.19. The van der Waals surface area contributed by atoms with Gasteiger partial charge in [0.2, 0.25) is 0 Å². The van der Waals surface area contributed by atoms with E-state index in [1.165, 1.54) is 19.2 Å². The molecule has 0 radical (unpaired) electrons. The van der Waals surface area contributed by atoms with Crippen LogP contribution in [0.4, 0.5) is 0 Å². The molecule has 1 aliphatic heterocycles. The summed E-state index contributed by atoms with van der Waals surface area (Å²) in [7, 11) is 1.53. The summed E-state index contributed by atoms with van der Waals surface area (Å²) in [5, 5.41) is 14.9. The first-order valence-electron chi connectivity index (χ1n) is 8.81. The van der Waals surface area contributed by atoms with Gasteiger partial charge in [-0.3, -0.25) is 9.59 Å². The van der Waals surface area contributed by atoms with E-state index in [9.17, 15) is 14.7 Å². The van der Waals surface area contributed by atoms with Crippen molar-refractivity contribution >= 4 is 5.91 Å². The van der Waals surface area contributed by atoms with Gasteiger partial charge >= 0.3 is 0 Å². The number of carbonyl (C=O) groups excluding carboxylic acids is 1. The van der Waals surface area contributed by atoms with Gasteiger partial charge in [-0.2, -0.15) is 5.10 Å². The molecule has 0 unspecified atom stereocenters. The fourth-order valence-corrected chi connectivity index (χ4v) is 4.37. The molecule has 2 atom stereocenters. The Morgan fingerprint density at radius 1 is 1.23 bits per heavy atom. The van der Waals surface area contributed by atoms with Crippen molar-refractivity contribution < 1.29 is 9.90 Å². The number of rotatable bonds is 1. The number of hydrogen-bond donors (Lipinski definition) is 2. The number of aliphatic hydroxyl groups excluding tert-OH is 1. The van der Waals surface area contributed by atoms with Gasteiger partial charge < -0.3 is 15.7 Å². The molecule has 4 rings (SSSR count). The van der Waals surface area contributed by atoms with E-state index in [-0.39, 0.29) is 17.2 Å². The summed E-state index contributed by atoms with van der Waals surface area (Å²) in [6, 6.07) is 10.3. The molecule has 1 aromatic carbocycles. The van der Waals surface area contributed by atoms with E-state index in [0.717, 1.165) is 15.8 Å². The Labute approximate surface area is 151 Å². The van der Waals surface area contributed by atoms with Crippen LogP contribution in [0.15, 0.2) is 41.2 Å². The molecule has 1 spiro atoms. The molecule has 1 saturated heterocycles. The van der Waals surface area contributed by atoms with Crippen LogP contribution in [0.5, 0.6) is 0 Å². The normalized spacial score (nSPS) is 23.9. The predicted molar refractivity (Wildman–Crippen MR) is 95.7 cm³/mol. The van der Waals surface area contributed by atoms with E-state index < -0.39 is 17.6 Å². The maximum absolute atomic E-state index is 12.7. The lowest BCUT2D eigenvalue weighted by Gasteiger charge is -2.42. The van der Waals surface area contributed by atoms with Gasteiger partial charge in [-0.1, -0.05) is 24.3 Å². The Morgan fingerprint density at radius 2 is 1.92 bits per heavy atom. The summed E-state index contributed by atoms with van der Waals surface area (Å²) in [6.07, 6.45) is 0.653. The Balaban J connectivity index is 1.57. The fraction of sp³-hybridized carbons (Fsp3) is 0.421. The topological polar surface area (TPSA) is 101 Å². The average molecular weight is 354 g/mol. The summed E-state index contributed by atoms with van der Waals surface area (Å²) in [6.45, 7) is 1.03. The highest BCUT2D eigenvalue weighted by Crippen LogP contribution is 2.50. The van der Waals surface area contributed by atoms with Gasteiger partial charge in [0.25, 0.3) is 11.5 Å². The number of carbonyl (C=O) groups is 1. The van der Waals surface area contributed by atoms with Crippen LogP contribution in [0.3, 0.4) is 0 Å². The van der Waals surface area contributed by atoms with Crippen molar-refractivity contribution in [3.8, 4) is 0 Å². The van der Waals surface area contributed by atoms with Crippen molar-refractivity contribution in [1.82, 2.24) is 14.7 Å². The van der Waals surface area contributed by atoms with Crippen molar-refractivity contribution in [3.63, 3.8) is 0 Å². The lowest BCUT2D eigenvalue weighted by Crippen LogP contribution is -2.50. The minimum atomic E-state index is -0.646. The van der Waals surface area contributed by atoms with Crippen molar-refractivity contribution in [3.05, 3.63) is 63.6 Å². The number of piperidine rings is 1. The SMILES string of the molecule is Cn1nc(C(=O)N2CCC3(CC2)c2ccccc2[C@@H](N)[C@@H]3O)ccc1=O. The third-order valence-electron chi connectivity index (χ3n) is 5.89. The maximum Gasteiger partial charge on any atom is 0.274 e. The summed E-state index contributed by atoms with van der Waals surface area (Å²) in [4.78, 5) is 25.9. The van der Waals surface area contributed by atoms with E-state index in [4.69, 9.17) is 5.73 Å². The minimum Gasteiger partial charge on any atom is -0.390 e. The average Bonchev–Trinajstić information content (AvgIpc) is 2.87. The molecule has 1 amide bonds. The van der Waals surface area contributed by atoms with Gasteiger partial charge in [0.05, 0.1) is 12.1 Å². The summed E-state index contributed by atoms with van der Waals surface area (Å²) in [5.74, 6) is -0.194. The molecule has 0 bridgehead atoms. The molecule has 2 aromatic rings. The van der Waals surface area contributed by atoms with E-state index in [1.54, 1.807) is 4.90 Å². The van der Waals surface area contributed by atoms with Gasteiger partial charge in [-0.05, 0) is 30.0 Å². The number of benzene rings is 1. The second kappa shape index (κ2) is 6.03. The van der Waals surface area contributed by atoms with Crippen LogP contribution in [0.25, 0.3) is 0 Å². The number of amides is 1. The zero-order valence-electron chi connectivity index (χ0n) is 14.6. The fourth-order valence-electron chi connectivity index (χ4n) is 4.37. The number of aliphatic hydroxyl groups is 1. The largest absolute Gasteiger partial charge is 0.390 e. The molecule has 1 aliphatic carbocycles. The van der Waals surface area contributed by atoms with Crippen molar-refractivity contribution in [2.45, 2.75) is 30.4 Å². The smallest absolute Gasteiger partial charge is 0.274 e. The molecular formula is C19H22N4O3. The molecule has 26 heavy (non-hydrogen) atoms. The highest BCUT2D eigenvalue weighted by atomic mass is 16.3. The van der Waals surface area contributed by atoms with Crippen molar-refractivity contribution in [1.29, 1.82) is 0 Å². The lowest BCUT2D eigenvalue weighted by atomic mass is 9.72. The Kier molecular flexibility index (Phi) is 3.93. The highest BCUT2D eigenvalue weighted by Gasteiger charge is 2.51. The van der Waals surface area contributed by atoms with Crippen LogP contribution in [0, 0.1) is 0 Å². The molecule has 3 N–H and O–H groups in total. The summed E-state index contributed by atoms with van der Waals surface area (Å²) in [5.41, 5.74) is 7.95. The molecule has 136 valence electrons. The van der Waals surface area contributed by atoms with Crippen LogP contribution in [-0.2, 0) is 12.5 Å². The standard InChI is InChI=1S/C19H22N4O3/c1-22-15(24)7-6-14(21-22)18(26)23-10-8-19(9-11-23)13-5-3-2-4-12(13)16(20)17(19)25/h2-7,16-17,25H,8-11,20H2,1H3/t16-,17+/m1/s1. The number of hydrogen-bond acceptors (Lipinski definition) is 5. The molecular weight excluding hydrogens is 332 g/mol. The van der Waals surface area contributed by atoms with Gasteiger partial charge in [-0.25, -0.2) is 4.68 Å². The van der Waals surface area contributed by atoms with E-state index in [0.29, 0.717) is 25.9 Å². The zero-order chi connectivity index (χ0) is 18.5. The first kappa shape index (κ1) is 16.9. The number of nitrogens with zero attached hydrogens (tertiary/aromatic N) is 3. The molecule has 7 nitrogen and oxygen atoms in total. The van der Waals surface area contributed by atoms with E-state index in [1.807, 2.05) is 24.3 Å². The van der Waals surface area contributed by atoms with Crippen molar-refractivity contribution in [2.24, 2.45) is 12.8 Å². The first-order valence-corrected chi connectivity index (χ1v) is 8.81. The van der Waals surface area contributed by atoms with Crippen LogP contribution >= 0.6 is 0 Å². The molecule has 2 heterocycles. The summed E-state index contributed by atoms with van der Waals surface area (Å²) < 4.78 is 1.16. The molecule has 1 aromatic heterocycles. The van der Waals surface area contributed by atoms with E-state index in [2.05, 4.69) is 5.10 Å². The van der Waals surface area contributed by atoms with E-state index >= 15 is 0 Å².